The van der Waals surface area contributed by atoms with Crippen molar-refractivity contribution in [2.45, 2.75) is 12.1 Å². The molecule has 0 fully saturated rings. The molecule has 0 bridgehead atoms. The number of benzene rings is 1. The van der Waals surface area contributed by atoms with Gasteiger partial charge in [0.1, 0.15) is 17.4 Å². The van der Waals surface area contributed by atoms with Crippen LogP contribution in [0.3, 0.4) is 0 Å². The molecule has 0 saturated heterocycles. The minimum Gasteiger partial charge on any atom is -0.300 e. The van der Waals surface area contributed by atoms with Crippen LogP contribution in [0.15, 0.2) is 28.2 Å². The van der Waals surface area contributed by atoms with E-state index in [-0.39, 0.29) is 16.8 Å². The number of hydrogen-bond acceptors (Lipinski definition) is 4. The summed E-state index contributed by atoms with van der Waals surface area (Å²) in [5.41, 5.74) is 0.336. The normalized spacial score (nSPS) is 10.2. The maximum absolute atomic E-state index is 13.9. The number of aromatic nitrogens is 2. The lowest BCUT2D eigenvalue weighted by Gasteiger charge is -2.07. The molecule has 1 aromatic heterocycles. The highest BCUT2D eigenvalue weighted by atomic mass is 32.2. The van der Waals surface area contributed by atoms with E-state index < -0.39 is 11.4 Å². The average Bonchev–Trinajstić information content (AvgIpc) is 2.40. The van der Waals surface area contributed by atoms with Crippen molar-refractivity contribution in [1.82, 2.24) is 9.97 Å². The summed E-state index contributed by atoms with van der Waals surface area (Å²) in [6.45, 7) is 1.80. The van der Waals surface area contributed by atoms with Crippen LogP contribution in [0.4, 0.5) is 4.39 Å². The quantitative estimate of drug-likeness (QED) is 0.675. The second-order valence-corrected chi connectivity index (χ2v) is 4.69. The van der Waals surface area contributed by atoms with Gasteiger partial charge in [-0.15, -0.1) is 0 Å². The zero-order valence-corrected chi connectivity index (χ0v) is 11.1. The number of aromatic amines is 1. The molecular weight excluding hydrogens is 265 g/mol. The summed E-state index contributed by atoms with van der Waals surface area (Å²) in [4.78, 5) is 18.4. The van der Waals surface area contributed by atoms with Crippen LogP contribution in [-0.2, 0) is 0 Å². The lowest BCUT2D eigenvalue weighted by molar-refractivity contribution is 0.629. The minimum absolute atomic E-state index is 0.0804. The van der Waals surface area contributed by atoms with Crippen LogP contribution in [0.1, 0.15) is 11.1 Å². The van der Waals surface area contributed by atoms with Crippen molar-refractivity contribution in [2.24, 2.45) is 0 Å². The predicted octanol–water partition coefficient (Wildman–Crippen LogP) is 2.48. The number of nitriles is 1. The molecule has 96 valence electrons. The van der Waals surface area contributed by atoms with Gasteiger partial charge >= 0.3 is 0 Å². The smallest absolute Gasteiger partial charge is 0.270 e. The Bertz CT molecular complexity index is 734. The highest BCUT2D eigenvalue weighted by molar-refractivity contribution is 7.98. The molecule has 0 atom stereocenters. The van der Waals surface area contributed by atoms with Crippen LogP contribution in [0, 0.1) is 24.1 Å². The molecule has 4 nitrogen and oxygen atoms in total. The molecule has 6 heteroatoms. The maximum Gasteiger partial charge on any atom is 0.270 e. The van der Waals surface area contributed by atoms with Gasteiger partial charge in [0.2, 0.25) is 0 Å². The lowest BCUT2D eigenvalue weighted by Crippen LogP contribution is -2.15. The van der Waals surface area contributed by atoms with Crippen molar-refractivity contribution in [2.75, 3.05) is 6.26 Å². The zero-order chi connectivity index (χ0) is 14.0. The van der Waals surface area contributed by atoms with Gasteiger partial charge in [0.25, 0.3) is 5.56 Å². The van der Waals surface area contributed by atoms with E-state index in [1.165, 1.54) is 17.8 Å². The maximum atomic E-state index is 13.9. The summed E-state index contributed by atoms with van der Waals surface area (Å²) in [5, 5.41) is 9.39. The van der Waals surface area contributed by atoms with E-state index in [2.05, 4.69) is 9.97 Å². The van der Waals surface area contributed by atoms with Gasteiger partial charge in [-0.25, -0.2) is 9.37 Å². The Morgan fingerprint density at radius 2 is 2.21 bits per heavy atom. The van der Waals surface area contributed by atoms with Gasteiger partial charge in [-0.1, -0.05) is 23.4 Å². The predicted molar refractivity (Wildman–Crippen MR) is 71.5 cm³/mol. The fourth-order valence-corrected chi connectivity index (χ4v) is 2.05. The number of nitrogens with zero attached hydrogens (tertiary/aromatic N) is 2. The van der Waals surface area contributed by atoms with E-state index in [1.807, 2.05) is 0 Å². The number of halogens is 1. The molecule has 0 aliphatic heterocycles. The number of nitrogens with one attached hydrogen (secondary N) is 1. The van der Waals surface area contributed by atoms with Crippen LogP contribution in [0.5, 0.6) is 0 Å². The Morgan fingerprint density at radius 1 is 1.47 bits per heavy atom. The average molecular weight is 275 g/mol. The third-order valence-electron chi connectivity index (χ3n) is 2.58. The van der Waals surface area contributed by atoms with Gasteiger partial charge in [-0.3, -0.25) is 4.79 Å². The first kappa shape index (κ1) is 13.3. The molecule has 0 unspecified atom stereocenters. The Kier molecular flexibility index (Phi) is 3.67. The van der Waals surface area contributed by atoms with Crippen molar-refractivity contribution in [3.05, 3.63) is 45.5 Å². The lowest BCUT2D eigenvalue weighted by atomic mass is 10.0. The molecule has 1 aromatic carbocycles. The Labute approximate surface area is 113 Å². The van der Waals surface area contributed by atoms with Crippen molar-refractivity contribution in [1.29, 1.82) is 5.26 Å². The Balaban J connectivity index is 2.81. The first-order valence-electron chi connectivity index (χ1n) is 5.41. The molecule has 2 aromatic rings. The number of thioether (sulfide) groups is 1. The van der Waals surface area contributed by atoms with Gasteiger partial charge in [0.15, 0.2) is 5.16 Å². The van der Waals surface area contributed by atoms with Crippen LogP contribution in [0.2, 0.25) is 0 Å². The molecule has 0 amide bonds. The fraction of sp³-hybridized carbons (Fsp3) is 0.154. The van der Waals surface area contributed by atoms with E-state index in [4.69, 9.17) is 5.26 Å². The summed E-state index contributed by atoms with van der Waals surface area (Å²) in [6.07, 6.45) is 1.74. The number of aryl methyl sites for hydroxylation is 1. The van der Waals surface area contributed by atoms with Gasteiger partial charge in [0, 0.05) is 5.56 Å². The molecule has 0 saturated carbocycles. The minimum atomic E-state index is -0.558. The van der Waals surface area contributed by atoms with E-state index in [9.17, 15) is 9.18 Å². The summed E-state index contributed by atoms with van der Waals surface area (Å²) in [6, 6.07) is 6.27. The fourth-order valence-electron chi connectivity index (χ4n) is 1.67. The third kappa shape index (κ3) is 2.51. The summed E-state index contributed by atoms with van der Waals surface area (Å²) < 4.78 is 13.9. The molecule has 2 rings (SSSR count). The van der Waals surface area contributed by atoms with Crippen LogP contribution in [0.25, 0.3) is 11.3 Å². The van der Waals surface area contributed by atoms with Crippen LogP contribution in [-0.4, -0.2) is 16.2 Å². The van der Waals surface area contributed by atoms with Gasteiger partial charge in [-0.2, -0.15) is 5.26 Å². The second-order valence-electron chi connectivity index (χ2n) is 3.89. The van der Waals surface area contributed by atoms with Crippen molar-refractivity contribution >= 4 is 11.8 Å². The second kappa shape index (κ2) is 5.24. The number of rotatable bonds is 2. The topological polar surface area (TPSA) is 69.5 Å². The third-order valence-corrected chi connectivity index (χ3v) is 3.16. The molecule has 1 N–H and O–H groups in total. The molecule has 19 heavy (non-hydrogen) atoms. The van der Waals surface area contributed by atoms with Gasteiger partial charge < -0.3 is 4.98 Å². The first-order chi connectivity index (χ1) is 9.06. The van der Waals surface area contributed by atoms with Crippen LogP contribution < -0.4 is 5.56 Å². The molecule has 0 aliphatic rings. The van der Waals surface area contributed by atoms with E-state index in [0.717, 1.165) is 5.56 Å². The van der Waals surface area contributed by atoms with Crippen LogP contribution >= 0.6 is 11.8 Å². The van der Waals surface area contributed by atoms with E-state index in [1.54, 1.807) is 31.4 Å². The van der Waals surface area contributed by atoms with Crippen molar-refractivity contribution in [3.63, 3.8) is 0 Å². The monoisotopic (exact) mass is 275 g/mol. The molecular formula is C13H10FN3OS. The van der Waals surface area contributed by atoms with Crippen molar-refractivity contribution in [3.8, 4) is 17.3 Å². The Hall–Kier alpha value is -2.13. The zero-order valence-electron chi connectivity index (χ0n) is 10.3. The summed E-state index contributed by atoms with van der Waals surface area (Å²) in [7, 11) is 0. The van der Waals surface area contributed by atoms with Gasteiger partial charge in [-0.05, 0) is 25.3 Å². The standard InChI is InChI=1S/C13H10FN3OS/c1-7-3-4-10(14)8(5-7)11-9(6-15)12(18)17-13(16-11)19-2/h3-5H,1-2H3,(H,16,17,18). The Morgan fingerprint density at radius 3 is 2.84 bits per heavy atom. The number of H-pyrrole nitrogens is 1. The summed E-state index contributed by atoms with van der Waals surface area (Å²) >= 11 is 1.22. The highest BCUT2D eigenvalue weighted by Crippen LogP contribution is 2.25. The number of hydrogen-bond donors (Lipinski definition) is 1. The SMILES string of the molecule is CSc1nc(-c2cc(C)ccc2F)c(C#N)c(=O)[nH]1. The largest absolute Gasteiger partial charge is 0.300 e. The summed E-state index contributed by atoms with van der Waals surface area (Å²) in [5.74, 6) is -0.507. The van der Waals surface area contributed by atoms with E-state index in [0.29, 0.717) is 5.16 Å². The molecule has 1 heterocycles. The molecule has 0 radical (unpaired) electrons. The van der Waals surface area contributed by atoms with Gasteiger partial charge in [0.05, 0.1) is 5.69 Å². The first-order valence-corrected chi connectivity index (χ1v) is 6.64. The highest BCUT2D eigenvalue weighted by Gasteiger charge is 2.16. The van der Waals surface area contributed by atoms with Crippen molar-refractivity contribution < 1.29 is 4.39 Å². The van der Waals surface area contributed by atoms with E-state index >= 15 is 0 Å². The molecule has 0 aliphatic carbocycles. The molecule has 0 spiro atoms.